The van der Waals surface area contributed by atoms with Gasteiger partial charge in [0.2, 0.25) is 11.8 Å². The number of halogens is 2. The van der Waals surface area contributed by atoms with Gasteiger partial charge < -0.3 is 10.1 Å². The standard InChI is InChI=1S/C24H20Cl2N2O5/c1-13-4-2-5-16-20(13)23(31)28(22(16)30)15-10-8-14(9-11-15)24(32)33-12-19(29)27-18-7-3-6-17(25)21(18)26/h2-4,6-11,13,16,20H,5,12H2,1H3,(H,27,29)/t13-,16+,20+/m1/s1. The fourth-order valence-electron chi connectivity index (χ4n) is 4.15. The molecule has 3 atom stereocenters. The molecule has 9 heteroatoms. The summed E-state index contributed by atoms with van der Waals surface area (Å²) in [6, 6.07) is 10.7. The third-order valence-electron chi connectivity index (χ3n) is 5.79. The first kappa shape index (κ1) is 23.0. The van der Waals surface area contributed by atoms with E-state index in [0.29, 0.717) is 17.8 Å². The van der Waals surface area contributed by atoms with Crippen LogP contribution in [-0.2, 0) is 19.1 Å². The van der Waals surface area contributed by atoms with Crippen molar-refractivity contribution in [3.05, 3.63) is 70.2 Å². The third-order valence-corrected chi connectivity index (χ3v) is 6.61. The quantitative estimate of drug-likeness (QED) is 0.381. The van der Waals surface area contributed by atoms with Gasteiger partial charge in [0.15, 0.2) is 6.61 Å². The van der Waals surface area contributed by atoms with Crippen LogP contribution in [0, 0.1) is 17.8 Å². The van der Waals surface area contributed by atoms with Gasteiger partial charge in [0.05, 0.1) is 38.8 Å². The van der Waals surface area contributed by atoms with Gasteiger partial charge >= 0.3 is 5.97 Å². The topological polar surface area (TPSA) is 92.8 Å². The van der Waals surface area contributed by atoms with Crippen LogP contribution in [0.2, 0.25) is 10.0 Å². The summed E-state index contributed by atoms with van der Waals surface area (Å²) in [6.45, 7) is 1.40. The van der Waals surface area contributed by atoms with Crippen LogP contribution in [0.4, 0.5) is 11.4 Å². The molecule has 4 rings (SSSR count). The van der Waals surface area contributed by atoms with E-state index in [1.165, 1.54) is 29.2 Å². The number of amides is 3. The minimum absolute atomic E-state index is 0.00705. The van der Waals surface area contributed by atoms with Gasteiger partial charge in [0.1, 0.15) is 0 Å². The molecule has 1 aliphatic heterocycles. The van der Waals surface area contributed by atoms with Crippen molar-refractivity contribution in [3.8, 4) is 0 Å². The Kier molecular flexibility index (Phi) is 6.54. The summed E-state index contributed by atoms with van der Waals surface area (Å²) >= 11 is 11.9. The SMILES string of the molecule is C[C@@H]1C=CC[C@@H]2C(=O)N(c3ccc(C(=O)OCC(=O)Nc4cccc(Cl)c4Cl)cc3)C(=O)[C@@H]12. The van der Waals surface area contributed by atoms with Crippen LogP contribution in [0.15, 0.2) is 54.6 Å². The summed E-state index contributed by atoms with van der Waals surface area (Å²) in [5, 5.41) is 2.99. The van der Waals surface area contributed by atoms with Crippen LogP contribution in [0.25, 0.3) is 0 Å². The fraction of sp³-hybridized carbons (Fsp3) is 0.250. The average Bonchev–Trinajstić information content (AvgIpc) is 3.06. The fourth-order valence-corrected chi connectivity index (χ4v) is 4.50. The summed E-state index contributed by atoms with van der Waals surface area (Å²) in [5.74, 6) is -2.48. The maximum atomic E-state index is 12.9. The number of nitrogens with zero attached hydrogens (tertiary/aromatic N) is 1. The number of ether oxygens (including phenoxy) is 1. The van der Waals surface area contributed by atoms with Crippen molar-refractivity contribution in [1.82, 2.24) is 0 Å². The number of benzene rings is 2. The van der Waals surface area contributed by atoms with Crippen molar-refractivity contribution >= 4 is 58.3 Å². The number of fused-ring (bicyclic) bond motifs is 1. The van der Waals surface area contributed by atoms with Crippen molar-refractivity contribution in [2.24, 2.45) is 17.8 Å². The van der Waals surface area contributed by atoms with Gasteiger partial charge in [-0.25, -0.2) is 4.79 Å². The maximum absolute atomic E-state index is 12.9. The van der Waals surface area contributed by atoms with Gasteiger partial charge in [-0.15, -0.1) is 0 Å². The van der Waals surface area contributed by atoms with E-state index in [4.69, 9.17) is 27.9 Å². The van der Waals surface area contributed by atoms with E-state index in [2.05, 4.69) is 5.32 Å². The molecule has 1 aliphatic carbocycles. The molecule has 1 saturated heterocycles. The largest absolute Gasteiger partial charge is 0.452 e. The monoisotopic (exact) mass is 486 g/mol. The summed E-state index contributed by atoms with van der Waals surface area (Å²) in [6.07, 6.45) is 4.45. The van der Waals surface area contributed by atoms with E-state index in [1.807, 2.05) is 19.1 Å². The lowest BCUT2D eigenvalue weighted by Gasteiger charge is -2.22. The molecule has 0 aromatic heterocycles. The van der Waals surface area contributed by atoms with E-state index in [1.54, 1.807) is 18.2 Å². The molecule has 1 N–H and O–H groups in total. The van der Waals surface area contributed by atoms with Gasteiger partial charge in [-0.3, -0.25) is 19.3 Å². The number of carbonyl (C=O) groups excluding carboxylic acids is 4. The molecule has 0 spiro atoms. The van der Waals surface area contributed by atoms with E-state index < -0.39 is 18.5 Å². The zero-order valence-electron chi connectivity index (χ0n) is 17.6. The highest BCUT2D eigenvalue weighted by Gasteiger charge is 2.50. The number of nitrogens with one attached hydrogen (secondary N) is 1. The molecule has 1 heterocycles. The Hall–Kier alpha value is -3.16. The Labute approximate surface area is 200 Å². The van der Waals surface area contributed by atoms with Crippen LogP contribution >= 0.6 is 23.2 Å². The average molecular weight is 487 g/mol. The predicted octanol–water partition coefficient (Wildman–Crippen LogP) is 4.49. The first-order valence-corrected chi connectivity index (χ1v) is 11.1. The first-order chi connectivity index (χ1) is 15.8. The number of rotatable bonds is 5. The lowest BCUT2D eigenvalue weighted by molar-refractivity contribution is -0.123. The highest BCUT2D eigenvalue weighted by Crippen LogP contribution is 2.40. The van der Waals surface area contributed by atoms with Gasteiger partial charge in [0.25, 0.3) is 5.91 Å². The number of imide groups is 1. The summed E-state index contributed by atoms with van der Waals surface area (Å²) in [7, 11) is 0. The molecule has 1 fully saturated rings. The minimum Gasteiger partial charge on any atom is -0.452 e. The molecule has 170 valence electrons. The second-order valence-electron chi connectivity index (χ2n) is 7.94. The number of anilines is 2. The zero-order valence-corrected chi connectivity index (χ0v) is 19.1. The maximum Gasteiger partial charge on any atom is 0.338 e. The van der Waals surface area contributed by atoms with E-state index in [9.17, 15) is 19.2 Å². The lowest BCUT2D eigenvalue weighted by Crippen LogP contribution is -2.31. The summed E-state index contributed by atoms with van der Waals surface area (Å²) < 4.78 is 5.05. The molecule has 0 radical (unpaired) electrons. The van der Waals surface area contributed by atoms with Crippen molar-refractivity contribution in [2.45, 2.75) is 13.3 Å². The normalized spacial score (nSPS) is 21.7. The van der Waals surface area contributed by atoms with Gasteiger partial charge in [0, 0.05) is 0 Å². The van der Waals surface area contributed by atoms with Crippen molar-refractivity contribution < 1.29 is 23.9 Å². The molecule has 2 aromatic rings. The lowest BCUT2D eigenvalue weighted by atomic mass is 9.78. The molecule has 33 heavy (non-hydrogen) atoms. The predicted molar refractivity (Wildman–Crippen MR) is 124 cm³/mol. The number of carbonyl (C=O) groups is 4. The van der Waals surface area contributed by atoms with E-state index in [0.717, 1.165) is 0 Å². The Morgan fingerprint density at radius 3 is 2.52 bits per heavy atom. The van der Waals surface area contributed by atoms with Crippen LogP contribution in [-0.4, -0.2) is 30.3 Å². The first-order valence-electron chi connectivity index (χ1n) is 10.3. The minimum atomic E-state index is -0.723. The number of allylic oxidation sites excluding steroid dienone is 2. The van der Waals surface area contributed by atoms with Gasteiger partial charge in [-0.05, 0) is 48.7 Å². The van der Waals surface area contributed by atoms with Crippen molar-refractivity contribution in [3.63, 3.8) is 0 Å². The van der Waals surface area contributed by atoms with Gasteiger partial charge in [-0.1, -0.05) is 48.3 Å². The highest BCUT2D eigenvalue weighted by molar-refractivity contribution is 6.44. The molecule has 7 nitrogen and oxygen atoms in total. The van der Waals surface area contributed by atoms with E-state index in [-0.39, 0.29) is 45.2 Å². The molecule has 2 aromatic carbocycles. The number of hydrogen-bond acceptors (Lipinski definition) is 5. The summed E-state index contributed by atoms with van der Waals surface area (Å²) in [4.78, 5) is 51.3. The van der Waals surface area contributed by atoms with Crippen LogP contribution in [0.3, 0.4) is 0 Å². The Morgan fingerprint density at radius 1 is 1.09 bits per heavy atom. The van der Waals surface area contributed by atoms with Gasteiger partial charge in [-0.2, -0.15) is 0 Å². The molecule has 0 unspecified atom stereocenters. The molecule has 0 saturated carbocycles. The highest BCUT2D eigenvalue weighted by atomic mass is 35.5. The van der Waals surface area contributed by atoms with Crippen LogP contribution in [0.1, 0.15) is 23.7 Å². The van der Waals surface area contributed by atoms with Crippen molar-refractivity contribution in [1.29, 1.82) is 0 Å². The third kappa shape index (κ3) is 4.51. The van der Waals surface area contributed by atoms with E-state index >= 15 is 0 Å². The smallest absolute Gasteiger partial charge is 0.338 e. The summed E-state index contributed by atoms with van der Waals surface area (Å²) in [5.41, 5.74) is 0.884. The zero-order chi connectivity index (χ0) is 23.7. The Bertz CT molecular complexity index is 1160. The molecule has 2 aliphatic rings. The second-order valence-corrected chi connectivity index (χ2v) is 8.72. The molecular weight excluding hydrogens is 467 g/mol. The molecule has 3 amide bonds. The van der Waals surface area contributed by atoms with Crippen molar-refractivity contribution in [2.75, 3.05) is 16.8 Å². The molecular formula is C24H20Cl2N2O5. The second kappa shape index (κ2) is 9.37. The van der Waals surface area contributed by atoms with Crippen LogP contribution in [0.5, 0.6) is 0 Å². The Morgan fingerprint density at radius 2 is 1.82 bits per heavy atom. The number of hydrogen-bond donors (Lipinski definition) is 1. The molecule has 0 bridgehead atoms. The number of esters is 1. The van der Waals surface area contributed by atoms with Crippen LogP contribution < -0.4 is 10.2 Å². The Balaban J connectivity index is 1.38.